The van der Waals surface area contributed by atoms with E-state index < -0.39 is 10.1 Å². The molecule has 1 aromatic rings. The second-order valence-electron chi connectivity index (χ2n) is 3.42. The highest BCUT2D eigenvalue weighted by Gasteiger charge is 2.05. The van der Waals surface area contributed by atoms with Crippen LogP contribution in [0.3, 0.4) is 0 Å². The zero-order valence-electron chi connectivity index (χ0n) is 8.90. The summed E-state index contributed by atoms with van der Waals surface area (Å²) in [7, 11) is -3.89. The van der Waals surface area contributed by atoms with Crippen LogP contribution in [-0.2, 0) is 10.1 Å². The van der Waals surface area contributed by atoms with Crippen LogP contribution in [0.15, 0.2) is 18.2 Å². The molecule has 1 aromatic carbocycles. The smallest absolute Gasteiger partial charge is 0.264 e. The van der Waals surface area contributed by atoms with Crippen molar-refractivity contribution in [2.24, 2.45) is 0 Å². The number of hydrogen-bond donors (Lipinski definition) is 1. The molecule has 0 atom stereocenters. The van der Waals surface area contributed by atoms with Crippen LogP contribution in [0, 0.1) is 0 Å². The average molecular weight is 299 g/mol. The molecule has 7 heteroatoms. The van der Waals surface area contributed by atoms with Gasteiger partial charge < -0.3 is 4.74 Å². The highest BCUT2D eigenvalue weighted by Crippen LogP contribution is 2.27. The van der Waals surface area contributed by atoms with Gasteiger partial charge in [-0.05, 0) is 25.0 Å². The maximum absolute atomic E-state index is 10.4. The standard InChI is InChI=1S/C10H12Cl2O4S/c11-8-3-4-9(12)10(7-8)16-5-1-2-6-17(13,14)15/h3-4,7H,1-2,5-6H2,(H,13,14,15). The van der Waals surface area contributed by atoms with Crippen molar-refractivity contribution < 1.29 is 17.7 Å². The number of halogens is 2. The largest absolute Gasteiger partial charge is 0.492 e. The molecule has 0 fully saturated rings. The molecule has 0 heterocycles. The first kappa shape index (κ1) is 14.6. The fourth-order valence-electron chi connectivity index (χ4n) is 1.16. The molecule has 0 amide bonds. The highest BCUT2D eigenvalue weighted by molar-refractivity contribution is 7.85. The summed E-state index contributed by atoms with van der Waals surface area (Å²) in [5.74, 6) is 0.200. The van der Waals surface area contributed by atoms with E-state index in [0.717, 1.165) is 0 Å². The van der Waals surface area contributed by atoms with Crippen molar-refractivity contribution in [1.29, 1.82) is 0 Å². The fourth-order valence-corrected chi connectivity index (χ4v) is 2.06. The maximum atomic E-state index is 10.4. The van der Waals surface area contributed by atoms with E-state index in [1.807, 2.05) is 0 Å². The van der Waals surface area contributed by atoms with E-state index in [0.29, 0.717) is 35.2 Å². The van der Waals surface area contributed by atoms with Gasteiger partial charge >= 0.3 is 0 Å². The first-order chi connectivity index (χ1) is 7.88. The van der Waals surface area contributed by atoms with Gasteiger partial charge in [0.05, 0.1) is 17.4 Å². The maximum Gasteiger partial charge on any atom is 0.264 e. The predicted octanol–water partition coefficient (Wildman–Crippen LogP) is 3.04. The van der Waals surface area contributed by atoms with E-state index in [2.05, 4.69) is 0 Å². The molecule has 0 saturated heterocycles. The quantitative estimate of drug-likeness (QED) is 0.648. The van der Waals surface area contributed by atoms with E-state index in [-0.39, 0.29) is 5.75 Å². The molecular formula is C10H12Cl2O4S. The molecule has 0 radical (unpaired) electrons. The third-order valence-electron chi connectivity index (χ3n) is 1.95. The summed E-state index contributed by atoms with van der Waals surface area (Å²) in [5, 5.41) is 0.964. The molecule has 1 rings (SSSR count). The number of hydrogen-bond acceptors (Lipinski definition) is 3. The van der Waals surface area contributed by atoms with Crippen LogP contribution >= 0.6 is 23.2 Å². The molecule has 1 N–H and O–H groups in total. The summed E-state index contributed by atoms with van der Waals surface area (Å²) in [4.78, 5) is 0. The van der Waals surface area contributed by atoms with Gasteiger partial charge in [0.2, 0.25) is 0 Å². The zero-order chi connectivity index (χ0) is 12.9. The van der Waals surface area contributed by atoms with Crippen LogP contribution in [-0.4, -0.2) is 25.3 Å². The van der Waals surface area contributed by atoms with Crippen LogP contribution in [0.4, 0.5) is 0 Å². The van der Waals surface area contributed by atoms with Crippen molar-refractivity contribution in [3.63, 3.8) is 0 Å². The Balaban J connectivity index is 2.34. The summed E-state index contributed by atoms with van der Waals surface area (Å²) in [6.07, 6.45) is 0.833. The van der Waals surface area contributed by atoms with Crippen molar-refractivity contribution in [3.05, 3.63) is 28.2 Å². The lowest BCUT2D eigenvalue weighted by atomic mass is 10.3. The first-order valence-corrected chi connectivity index (χ1v) is 7.28. The third kappa shape index (κ3) is 6.12. The molecule has 0 aromatic heterocycles. The number of benzene rings is 1. The van der Waals surface area contributed by atoms with Crippen LogP contribution in [0.25, 0.3) is 0 Å². The average Bonchev–Trinajstić information content (AvgIpc) is 2.21. The van der Waals surface area contributed by atoms with Crippen molar-refractivity contribution >= 4 is 33.3 Å². The van der Waals surface area contributed by atoms with Gasteiger partial charge in [-0.2, -0.15) is 8.42 Å². The topological polar surface area (TPSA) is 63.6 Å². The molecule has 0 unspecified atom stereocenters. The number of rotatable bonds is 6. The Labute approximate surface area is 110 Å². The predicted molar refractivity (Wildman–Crippen MR) is 67.6 cm³/mol. The molecule has 0 aliphatic carbocycles. The highest BCUT2D eigenvalue weighted by atomic mass is 35.5. The summed E-state index contributed by atoms with van der Waals surface area (Å²) >= 11 is 11.6. The van der Waals surface area contributed by atoms with Crippen LogP contribution in [0.2, 0.25) is 10.0 Å². The monoisotopic (exact) mass is 298 g/mol. The van der Waals surface area contributed by atoms with Crippen LogP contribution in [0.1, 0.15) is 12.8 Å². The molecule has 0 aliphatic heterocycles. The number of ether oxygens (including phenoxy) is 1. The molecule has 0 aliphatic rings. The Morgan fingerprint density at radius 3 is 2.59 bits per heavy atom. The van der Waals surface area contributed by atoms with Gasteiger partial charge in [-0.3, -0.25) is 4.55 Å². The van der Waals surface area contributed by atoms with E-state index in [9.17, 15) is 8.42 Å². The lowest BCUT2D eigenvalue weighted by Crippen LogP contribution is -2.06. The fraction of sp³-hybridized carbons (Fsp3) is 0.400. The van der Waals surface area contributed by atoms with E-state index >= 15 is 0 Å². The Bertz CT molecular complexity index is 473. The lowest BCUT2D eigenvalue weighted by Gasteiger charge is -2.07. The summed E-state index contributed by atoms with van der Waals surface area (Å²) in [5.41, 5.74) is 0. The van der Waals surface area contributed by atoms with Crippen molar-refractivity contribution in [2.45, 2.75) is 12.8 Å². The zero-order valence-corrected chi connectivity index (χ0v) is 11.2. The van der Waals surface area contributed by atoms with Crippen LogP contribution < -0.4 is 4.74 Å². The second-order valence-corrected chi connectivity index (χ2v) is 5.83. The SMILES string of the molecule is O=S(=O)(O)CCCCOc1cc(Cl)ccc1Cl. The minimum atomic E-state index is -3.89. The summed E-state index contributed by atoms with van der Waals surface area (Å²) in [6, 6.07) is 4.86. The van der Waals surface area contributed by atoms with Crippen molar-refractivity contribution in [3.8, 4) is 5.75 Å². The molecule has 0 saturated carbocycles. The minimum absolute atomic E-state index is 0.264. The first-order valence-electron chi connectivity index (χ1n) is 4.91. The van der Waals surface area contributed by atoms with E-state index in [1.165, 1.54) is 0 Å². The molecular weight excluding hydrogens is 287 g/mol. The van der Waals surface area contributed by atoms with Crippen LogP contribution in [0.5, 0.6) is 5.75 Å². The van der Waals surface area contributed by atoms with Gasteiger partial charge in [0, 0.05) is 11.1 Å². The molecule has 4 nitrogen and oxygen atoms in total. The third-order valence-corrected chi connectivity index (χ3v) is 3.30. The molecule has 0 bridgehead atoms. The molecule has 0 spiro atoms. The van der Waals surface area contributed by atoms with Gasteiger partial charge in [-0.15, -0.1) is 0 Å². The van der Waals surface area contributed by atoms with Gasteiger partial charge in [-0.1, -0.05) is 23.2 Å². The van der Waals surface area contributed by atoms with E-state index in [1.54, 1.807) is 18.2 Å². The Kier molecular flexibility index (Phi) is 5.52. The molecule has 17 heavy (non-hydrogen) atoms. The van der Waals surface area contributed by atoms with Gasteiger partial charge in [-0.25, -0.2) is 0 Å². The normalized spacial score (nSPS) is 11.5. The minimum Gasteiger partial charge on any atom is -0.492 e. The Hall–Kier alpha value is -0.490. The summed E-state index contributed by atoms with van der Waals surface area (Å²) in [6.45, 7) is 0.315. The summed E-state index contributed by atoms with van der Waals surface area (Å²) < 4.78 is 34.7. The van der Waals surface area contributed by atoms with Gasteiger partial charge in [0.25, 0.3) is 10.1 Å². The van der Waals surface area contributed by atoms with E-state index in [4.69, 9.17) is 32.5 Å². The Morgan fingerprint density at radius 1 is 1.24 bits per heavy atom. The van der Waals surface area contributed by atoms with Crippen molar-refractivity contribution in [2.75, 3.05) is 12.4 Å². The lowest BCUT2D eigenvalue weighted by molar-refractivity contribution is 0.309. The second kappa shape index (κ2) is 6.44. The van der Waals surface area contributed by atoms with Gasteiger partial charge in [0.1, 0.15) is 5.75 Å². The number of unbranched alkanes of at least 4 members (excludes halogenated alkanes) is 1. The Morgan fingerprint density at radius 2 is 1.94 bits per heavy atom. The van der Waals surface area contributed by atoms with Crippen molar-refractivity contribution in [1.82, 2.24) is 0 Å². The molecule has 96 valence electrons. The van der Waals surface area contributed by atoms with Gasteiger partial charge in [0.15, 0.2) is 0 Å².